The quantitative estimate of drug-likeness (QED) is 0.252. The van der Waals surface area contributed by atoms with Gasteiger partial charge in [-0.1, -0.05) is 0 Å². The Bertz CT molecular complexity index is 328. The van der Waals surface area contributed by atoms with Gasteiger partial charge in [-0.2, -0.15) is 5.10 Å². The van der Waals surface area contributed by atoms with E-state index in [-0.39, 0.29) is 25.0 Å². The van der Waals surface area contributed by atoms with Crippen LogP contribution in [0.2, 0.25) is 0 Å². The Labute approximate surface area is 91.6 Å². The summed E-state index contributed by atoms with van der Waals surface area (Å²) in [5.74, 6) is -0.771. The fourth-order valence-electron chi connectivity index (χ4n) is 0.975. The molecule has 0 bridgehead atoms. The van der Waals surface area contributed by atoms with Gasteiger partial charge >= 0.3 is 12.0 Å². The number of nitrogens with one attached hydrogen (secondary N) is 2. The van der Waals surface area contributed by atoms with E-state index in [1.54, 1.807) is 0 Å². The highest BCUT2D eigenvalue weighted by Crippen LogP contribution is 1.96. The van der Waals surface area contributed by atoms with Gasteiger partial charge in [-0.25, -0.2) is 9.80 Å². The number of esters is 1. The minimum Gasteiger partial charge on any atom is -0.468 e. The lowest BCUT2D eigenvalue weighted by atomic mass is 10.6. The summed E-state index contributed by atoms with van der Waals surface area (Å²) in [5.41, 5.74) is 0. The maximum atomic E-state index is 11.0. The minimum atomic E-state index is -0.547. The number of rotatable bonds is 5. The molecular weight excluding hydrogens is 216 g/mol. The van der Waals surface area contributed by atoms with Crippen molar-refractivity contribution in [1.29, 1.82) is 0 Å². The minimum absolute atomic E-state index is 0.0631. The predicted molar refractivity (Wildman–Crippen MR) is 53.6 cm³/mol. The lowest BCUT2D eigenvalue weighted by molar-refractivity contribution is -0.139. The average molecular weight is 228 g/mol. The van der Waals surface area contributed by atoms with Gasteiger partial charge in [-0.05, 0) is 0 Å². The van der Waals surface area contributed by atoms with Crippen LogP contribution in [0.1, 0.15) is 0 Å². The SMILES string of the molecule is COC(=O)CNC/C=N/N1CC(=O)NC1=O. The smallest absolute Gasteiger partial charge is 0.344 e. The second-order valence-electron chi connectivity index (χ2n) is 2.92. The molecular formula is C8H12N4O4. The van der Waals surface area contributed by atoms with Crippen LogP contribution in [0, 0.1) is 0 Å². The average Bonchev–Trinajstić information content (AvgIpc) is 2.56. The Kier molecular flexibility index (Phi) is 4.40. The molecule has 0 saturated carbocycles. The van der Waals surface area contributed by atoms with Crippen LogP contribution in [0.15, 0.2) is 5.10 Å². The molecule has 1 fully saturated rings. The summed E-state index contributed by atoms with van der Waals surface area (Å²) in [6, 6.07) is -0.547. The first-order valence-electron chi connectivity index (χ1n) is 4.55. The predicted octanol–water partition coefficient (Wildman–Crippen LogP) is -1.71. The zero-order chi connectivity index (χ0) is 12.0. The number of carbonyl (C=O) groups excluding carboxylic acids is 3. The Morgan fingerprint density at radius 2 is 2.44 bits per heavy atom. The van der Waals surface area contributed by atoms with E-state index in [0.29, 0.717) is 6.54 Å². The molecule has 0 radical (unpaired) electrons. The Balaban J connectivity index is 2.20. The van der Waals surface area contributed by atoms with Crippen molar-refractivity contribution >= 4 is 24.1 Å². The van der Waals surface area contributed by atoms with E-state index in [1.807, 2.05) is 0 Å². The van der Waals surface area contributed by atoms with E-state index in [1.165, 1.54) is 13.3 Å². The first-order chi connectivity index (χ1) is 7.63. The van der Waals surface area contributed by atoms with Crippen LogP contribution >= 0.6 is 0 Å². The third-order valence-electron chi connectivity index (χ3n) is 1.73. The van der Waals surface area contributed by atoms with E-state index in [4.69, 9.17) is 0 Å². The molecule has 1 heterocycles. The number of carbonyl (C=O) groups is 3. The summed E-state index contributed by atoms with van der Waals surface area (Å²) in [7, 11) is 1.29. The van der Waals surface area contributed by atoms with Crippen molar-refractivity contribution in [3.05, 3.63) is 0 Å². The molecule has 88 valence electrons. The van der Waals surface area contributed by atoms with Crippen LogP contribution in [0.5, 0.6) is 0 Å². The molecule has 1 aliphatic heterocycles. The fourth-order valence-corrected chi connectivity index (χ4v) is 0.975. The first kappa shape index (κ1) is 12.1. The lowest BCUT2D eigenvalue weighted by Gasteiger charge is -2.04. The molecule has 0 atom stereocenters. The summed E-state index contributed by atoms with van der Waals surface area (Å²) >= 11 is 0. The Morgan fingerprint density at radius 3 is 3.00 bits per heavy atom. The zero-order valence-corrected chi connectivity index (χ0v) is 8.73. The molecule has 3 amide bonds. The molecule has 0 aromatic carbocycles. The molecule has 16 heavy (non-hydrogen) atoms. The van der Waals surface area contributed by atoms with Crippen LogP contribution in [0.4, 0.5) is 4.79 Å². The number of hydrogen-bond acceptors (Lipinski definition) is 6. The summed E-state index contributed by atoms with van der Waals surface area (Å²) in [4.78, 5) is 32.4. The second-order valence-corrected chi connectivity index (χ2v) is 2.92. The number of amides is 3. The monoisotopic (exact) mass is 228 g/mol. The summed E-state index contributed by atoms with van der Waals surface area (Å²) in [6.45, 7) is 0.285. The van der Waals surface area contributed by atoms with Gasteiger partial charge < -0.3 is 10.1 Å². The molecule has 1 saturated heterocycles. The second kappa shape index (κ2) is 5.81. The first-order valence-corrected chi connectivity index (χ1v) is 4.55. The molecule has 2 N–H and O–H groups in total. The topological polar surface area (TPSA) is 100 Å². The van der Waals surface area contributed by atoms with Gasteiger partial charge in [0.2, 0.25) is 5.91 Å². The maximum absolute atomic E-state index is 11.0. The Morgan fingerprint density at radius 1 is 1.69 bits per heavy atom. The molecule has 8 nitrogen and oxygen atoms in total. The van der Waals surface area contributed by atoms with Crippen LogP contribution in [0.3, 0.4) is 0 Å². The van der Waals surface area contributed by atoms with Crippen molar-refractivity contribution in [2.45, 2.75) is 0 Å². The lowest BCUT2D eigenvalue weighted by Crippen LogP contribution is -2.27. The summed E-state index contributed by atoms with van der Waals surface area (Å²) < 4.78 is 4.40. The molecule has 0 unspecified atom stereocenters. The van der Waals surface area contributed by atoms with Gasteiger partial charge in [0.05, 0.1) is 13.7 Å². The van der Waals surface area contributed by atoms with E-state index in [9.17, 15) is 14.4 Å². The van der Waals surface area contributed by atoms with Crippen LogP contribution in [-0.2, 0) is 14.3 Å². The number of imide groups is 1. The largest absolute Gasteiger partial charge is 0.468 e. The van der Waals surface area contributed by atoms with Gasteiger partial charge in [0.25, 0.3) is 0 Å². The van der Waals surface area contributed by atoms with E-state index in [0.717, 1.165) is 5.01 Å². The van der Waals surface area contributed by atoms with Gasteiger partial charge in [0, 0.05) is 12.8 Å². The molecule has 0 aromatic heterocycles. The maximum Gasteiger partial charge on any atom is 0.344 e. The molecule has 1 aliphatic rings. The number of hydrogen-bond donors (Lipinski definition) is 2. The summed E-state index contributed by atoms with van der Waals surface area (Å²) in [6.07, 6.45) is 1.39. The number of methoxy groups -OCH3 is 1. The molecule has 0 aliphatic carbocycles. The van der Waals surface area contributed by atoms with E-state index >= 15 is 0 Å². The number of ether oxygens (including phenoxy) is 1. The number of hydrazone groups is 1. The van der Waals surface area contributed by atoms with Crippen molar-refractivity contribution < 1.29 is 19.1 Å². The number of nitrogens with zero attached hydrogens (tertiary/aromatic N) is 2. The Hall–Kier alpha value is -1.96. The van der Waals surface area contributed by atoms with Crippen molar-refractivity contribution in [2.24, 2.45) is 5.10 Å². The zero-order valence-electron chi connectivity index (χ0n) is 8.73. The number of urea groups is 1. The van der Waals surface area contributed by atoms with Gasteiger partial charge in [-0.15, -0.1) is 0 Å². The highest BCUT2D eigenvalue weighted by atomic mass is 16.5. The highest BCUT2D eigenvalue weighted by Gasteiger charge is 2.25. The van der Waals surface area contributed by atoms with Crippen molar-refractivity contribution in [2.75, 3.05) is 26.7 Å². The molecule has 0 aromatic rings. The third kappa shape index (κ3) is 3.65. The highest BCUT2D eigenvalue weighted by molar-refractivity contribution is 6.01. The van der Waals surface area contributed by atoms with Crippen LogP contribution < -0.4 is 10.6 Å². The molecule has 8 heteroatoms. The summed E-state index contributed by atoms with van der Waals surface area (Å²) in [5, 5.41) is 9.53. The molecule has 0 spiro atoms. The normalized spacial score (nSPS) is 15.7. The van der Waals surface area contributed by atoms with Gasteiger partial charge in [0.15, 0.2) is 0 Å². The van der Waals surface area contributed by atoms with Crippen molar-refractivity contribution in [3.8, 4) is 0 Å². The standard InChI is InChI=1S/C8H12N4O4/c1-16-7(14)4-9-2-3-10-12-5-6(13)11-8(12)15/h3,9H,2,4-5H2,1H3,(H,11,13,15)/b10-3+. The molecule has 1 rings (SSSR count). The van der Waals surface area contributed by atoms with Crippen molar-refractivity contribution in [3.63, 3.8) is 0 Å². The van der Waals surface area contributed by atoms with Crippen LogP contribution in [0.25, 0.3) is 0 Å². The van der Waals surface area contributed by atoms with E-state index in [2.05, 4.69) is 20.5 Å². The fraction of sp³-hybridized carbons (Fsp3) is 0.500. The third-order valence-corrected chi connectivity index (χ3v) is 1.73. The van der Waals surface area contributed by atoms with Crippen molar-refractivity contribution in [1.82, 2.24) is 15.6 Å². The van der Waals surface area contributed by atoms with Crippen LogP contribution in [-0.4, -0.2) is 55.9 Å². The van der Waals surface area contributed by atoms with E-state index < -0.39 is 6.03 Å². The van der Waals surface area contributed by atoms with Gasteiger partial charge in [-0.3, -0.25) is 14.9 Å². The van der Waals surface area contributed by atoms with Gasteiger partial charge in [0.1, 0.15) is 6.54 Å².